The highest BCUT2D eigenvalue weighted by atomic mass is 35.5. The molecule has 1 aromatic rings. The van der Waals surface area contributed by atoms with Crippen molar-refractivity contribution in [2.75, 3.05) is 45.7 Å². The lowest BCUT2D eigenvalue weighted by atomic mass is 10.1. The van der Waals surface area contributed by atoms with E-state index in [4.69, 9.17) is 11.6 Å². The van der Waals surface area contributed by atoms with E-state index in [1.807, 2.05) is 0 Å². The van der Waals surface area contributed by atoms with E-state index < -0.39 is 0 Å². The van der Waals surface area contributed by atoms with Crippen LogP contribution < -0.4 is 10.2 Å². The second-order valence-electron chi connectivity index (χ2n) is 5.22. The second kappa shape index (κ2) is 7.73. The number of halogens is 1. The van der Waals surface area contributed by atoms with Gasteiger partial charge >= 0.3 is 0 Å². The van der Waals surface area contributed by atoms with Crippen molar-refractivity contribution in [1.82, 2.24) is 10.2 Å². The summed E-state index contributed by atoms with van der Waals surface area (Å²) in [5.74, 6) is 0. The fraction of sp³-hybridized carbons (Fsp3) is 0.600. The van der Waals surface area contributed by atoms with E-state index in [1.165, 1.54) is 5.56 Å². The molecule has 1 aromatic carbocycles. The number of anilines is 1. The zero-order valence-corrected chi connectivity index (χ0v) is 13.5. The van der Waals surface area contributed by atoms with Crippen molar-refractivity contribution < 1.29 is 0 Å². The standard InChI is InChI=1S/C15H26ClN3/c1-6-17-12(2)13-7-8-15(14(16)11-13)19(5)10-9-18(3)4/h7-8,11-12,17H,6,9-10H2,1-5H3. The molecule has 0 fully saturated rings. The molecule has 19 heavy (non-hydrogen) atoms. The molecule has 1 atom stereocenters. The first-order chi connectivity index (χ1) is 8.95. The minimum Gasteiger partial charge on any atom is -0.372 e. The first kappa shape index (κ1) is 16.3. The molecule has 0 aliphatic carbocycles. The predicted molar refractivity (Wildman–Crippen MR) is 85.4 cm³/mol. The Kier molecular flexibility index (Phi) is 6.63. The lowest BCUT2D eigenvalue weighted by Crippen LogP contribution is -2.28. The molecule has 0 bridgehead atoms. The number of nitrogens with zero attached hydrogens (tertiary/aromatic N) is 2. The monoisotopic (exact) mass is 283 g/mol. The smallest absolute Gasteiger partial charge is 0.0642 e. The molecule has 0 aliphatic rings. The highest BCUT2D eigenvalue weighted by Crippen LogP contribution is 2.28. The maximum atomic E-state index is 6.40. The number of hydrogen-bond donors (Lipinski definition) is 1. The molecule has 3 nitrogen and oxygen atoms in total. The fourth-order valence-electron chi connectivity index (χ4n) is 2.00. The SMILES string of the molecule is CCNC(C)c1ccc(N(C)CCN(C)C)c(Cl)c1. The van der Waals surface area contributed by atoms with Crippen LogP contribution in [-0.2, 0) is 0 Å². The van der Waals surface area contributed by atoms with Crippen molar-refractivity contribution in [3.63, 3.8) is 0 Å². The Balaban J connectivity index is 2.76. The van der Waals surface area contributed by atoms with E-state index in [9.17, 15) is 0 Å². The third kappa shape index (κ3) is 5.01. The van der Waals surface area contributed by atoms with E-state index >= 15 is 0 Å². The van der Waals surface area contributed by atoms with Gasteiger partial charge in [-0.15, -0.1) is 0 Å². The van der Waals surface area contributed by atoms with Crippen LogP contribution >= 0.6 is 11.6 Å². The molecule has 0 amide bonds. The van der Waals surface area contributed by atoms with E-state index in [2.05, 4.69) is 68.3 Å². The van der Waals surface area contributed by atoms with E-state index in [1.54, 1.807) is 0 Å². The van der Waals surface area contributed by atoms with Crippen LogP contribution in [0.1, 0.15) is 25.5 Å². The lowest BCUT2D eigenvalue weighted by Gasteiger charge is -2.23. The second-order valence-corrected chi connectivity index (χ2v) is 5.62. The van der Waals surface area contributed by atoms with Crippen LogP contribution in [0.2, 0.25) is 5.02 Å². The van der Waals surface area contributed by atoms with Gasteiger partial charge in [-0.25, -0.2) is 0 Å². The van der Waals surface area contributed by atoms with E-state index in [0.29, 0.717) is 6.04 Å². The van der Waals surface area contributed by atoms with Crippen LogP contribution in [0, 0.1) is 0 Å². The molecule has 1 unspecified atom stereocenters. The highest BCUT2D eigenvalue weighted by molar-refractivity contribution is 6.33. The molecular formula is C15H26ClN3. The fourth-order valence-corrected chi connectivity index (χ4v) is 2.33. The van der Waals surface area contributed by atoms with Gasteiger partial charge in [0.1, 0.15) is 0 Å². The van der Waals surface area contributed by atoms with Gasteiger partial charge in [0.15, 0.2) is 0 Å². The predicted octanol–water partition coefficient (Wildman–Crippen LogP) is 3.01. The summed E-state index contributed by atoms with van der Waals surface area (Å²) in [6.45, 7) is 7.21. The maximum Gasteiger partial charge on any atom is 0.0642 e. The van der Waals surface area contributed by atoms with Gasteiger partial charge in [-0.1, -0.05) is 24.6 Å². The van der Waals surface area contributed by atoms with Crippen LogP contribution in [0.4, 0.5) is 5.69 Å². The third-order valence-corrected chi connectivity index (χ3v) is 3.58. The summed E-state index contributed by atoms with van der Waals surface area (Å²) in [4.78, 5) is 4.37. The number of benzene rings is 1. The summed E-state index contributed by atoms with van der Waals surface area (Å²) in [7, 11) is 6.24. The molecule has 0 saturated heterocycles. The topological polar surface area (TPSA) is 18.5 Å². The summed E-state index contributed by atoms with van der Waals surface area (Å²) in [5, 5.41) is 4.22. The van der Waals surface area contributed by atoms with Gasteiger partial charge in [0.2, 0.25) is 0 Å². The van der Waals surface area contributed by atoms with Gasteiger partial charge in [0, 0.05) is 26.2 Å². The molecule has 1 rings (SSSR count). The van der Waals surface area contributed by atoms with Gasteiger partial charge < -0.3 is 15.1 Å². The Morgan fingerprint density at radius 1 is 1.21 bits per heavy atom. The molecule has 0 spiro atoms. The van der Waals surface area contributed by atoms with Crippen molar-refractivity contribution in [3.05, 3.63) is 28.8 Å². The number of rotatable bonds is 7. The van der Waals surface area contributed by atoms with Gasteiger partial charge in [-0.2, -0.15) is 0 Å². The number of likely N-dealkylation sites (N-methyl/N-ethyl adjacent to an activating group) is 2. The van der Waals surface area contributed by atoms with Crippen molar-refractivity contribution in [1.29, 1.82) is 0 Å². The summed E-state index contributed by atoms with van der Waals surface area (Å²) in [5.41, 5.74) is 2.33. The van der Waals surface area contributed by atoms with E-state index in [0.717, 1.165) is 30.3 Å². The summed E-state index contributed by atoms with van der Waals surface area (Å²) in [6.07, 6.45) is 0. The van der Waals surface area contributed by atoms with Gasteiger partial charge in [0.25, 0.3) is 0 Å². The summed E-state index contributed by atoms with van der Waals surface area (Å²) in [6, 6.07) is 6.67. The molecule has 0 radical (unpaired) electrons. The van der Waals surface area contributed by atoms with Crippen LogP contribution in [0.5, 0.6) is 0 Å². The molecule has 0 aliphatic heterocycles. The van der Waals surface area contributed by atoms with Crippen LogP contribution in [0.25, 0.3) is 0 Å². The molecule has 0 saturated carbocycles. The lowest BCUT2D eigenvalue weighted by molar-refractivity contribution is 0.416. The summed E-state index contributed by atoms with van der Waals surface area (Å²) >= 11 is 6.40. The normalized spacial score (nSPS) is 12.8. The zero-order chi connectivity index (χ0) is 14.4. The minimum atomic E-state index is 0.337. The Hall–Kier alpha value is -0.770. The van der Waals surface area contributed by atoms with Gasteiger partial charge in [-0.3, -0.25) is 0 Å². The Morgan fingerprint density at radius 3 is 2.42 bits per heavy atom. The van der Waals surface area contributed by atoms with Crippen molar-refractivity contribution in [3.8, 4) is 0 Å². The minimum absolute atomic E-state index is 0.337. The maximum absolute atomic E-state index is 6.40. The molecule has 0 aromatic heterocycles. The molecule has 0 heterocycles. The van der Waals surface area contributed by atoms with Gasteiger partial charge in [0.05, 0.1) is 10.7 Å². The van der Waals surface area contributed by atoms with Crippen LogP contribution in [-0.4, -0.2) is 45.7 Å². The Morgan fingerprint density at radius 2 is 1.89 bits per heavy atom. The largest absolute Gasteiger partial charge is 0.372 e. The van der Waals surface area contributed by atoms with E-state index in [-0.39, 0.29) is 0 Å². The van der Waals surface area contributed by atoms with Crippen LogP contribution in [0.15, 0.2) is 18.2 Å². The zero-order valence-electron chi connectivity index (χ0n) is 12.7. The average Bonchev–Trinajstić information content (AvgIpc) is 2.36. The third-order valence-electron chi connectivity index (χ3n) is 3.28. The molecular weight excluding hydrogens is 258 g/mol. The molecule has 1 N–H and O–H groups in total. The first-order valence-corrected chi connectivity index (χ1v) is 7.22. The Labute approximate surface area is 122 Å². The quantitative estimate of drug-likeness (QED) is 0.830. The highest BCUT2D eigenvalue weighted by Gasteiger charge is 2.10. The molecule has 4 heteroatoms. The van der Waals surface area contributed by atoms with Crippen molar-refractivity contribution in [2.45, 2.75) is 19.9 Å². The van der Waals surface area contributed by atoms with Crippen molar-refractivity contribution in [2.24, 2.45) is 0 Å². The summed E-state index contributed by atoms with van der Waals surface area (Å²) < 4.78 is 0. The molecule has 108 valence electrons. The van der Waals surface area contributed by atoms with Crippen LogP contribution in [0.3, 0.4) is 0 Å². The number of nitrogens with one attached hydrogen (secondary N) is 1. The first-order valence-electron chi connectivity index (χ1n) is 6.84. The van der Waals surface area contributed by atoms with Gasteiger partial charge in [-0.05, 0) is 45.3 Å². The average molecular weight is 284 g/mol. The van der Waals surface area contributed by atoms with Crippen molar-refractivity contribution >= 4 is 17.3 Å². The number of hydrogen-bond acceptors (Lipinski definition) is 3. The Bertz CT molecular complexity index is 393.